The lowest BCUT2D eigenvalue weighted by atomic mass is 10.1. The molecule has 16 heavy (non-hydrogen) atoms. The summed E-state index contributed by atoms with van der Waals surface area (Å²) in [5.41, 5.74) is 0. The standard InChI is InChI=1S/C12H21NO3/c1-2-3-4-5-6-7-8-9-11(10-14)13-12(15)16/h3-4,10-11,13H,2,5-9H2,1H3,(H,15,16)/b4-3-/t11-/m0/s1. The highest BCUT2D eigenvalue weighted by Gasteiger charge is 2.08. The zero-order valence-corrected chi connectivity index (χ0v) is 9.82. The smallest absolute Gasteiger partial charge is 0.405 e. The van der Waals surface area contributed by atoms with Crippen LogP contribution in [0, 0.1) is 0 Å². The first-order valence-corrected chi connectivity index (χ1v) is 5.80. The van der Waals surface area contributed by atoms with Crippen molar-refractivity contribution in [1.82, 2.24) is 5.32 Å². The van der Waals surface area contributed by atoms with Crippen molar-refractivity contribution in [2.24, 2.45) is 0 Å². The highest BCUT2D eigenvalue weighted by atomic mass is 16.4. The molecule has 4 nitrogen and oxygen atoms in total. The van der Waals surface area contributed by atoms with Crippen molar-refractivity contribution in [3.05, 3.63) is 12.2 Å². The minimum Gasteiger partial charge on any atom is -0.465 e. The van der Waals surface area contributed by atoms with Crippen LogP contribution in [0.1, 0.15) is 45.4 Å². The van der Waals surface area contributed by atoms with Gasteiger partial charge in [0.1, 0.15) is 6.29 Å². The summed E-state index contributed by atoms with van der Waals surface area (Å²) in [6, 6.07) is -0.552. The van der Waals surface area contributed by atoms with E-state index in [1.807, 2.05) is 0 Å². The van der Waals surface area contributed by atoms with Gasteiger partial charge in [-0.15, -0.1) is 0 Å². The first-order valence-electron chi connectivity index (χ1n) is 5.80. The third-order valence-corrected chi connectivity index (χ3v) is 2.26. The minimum atomic E-state index is -1.14. The molecular formula is C12H21NO3. The number of amides is 1. The molecule has 0 aromatic heterocycles. The van der Waals surface area contributed by atoms with Gasteiger partial charge >= 0.3 is 6.09 Å². The normalized spacial score (nSPS) is 12.6. The van der Waals surface area contributed by atoms with E-state index in [0.29, 0.717) is 12.7 Å². The second-order valence-electron chi connectivity index (χ2n) is 3.71. The van der Waals surface area contributed by atoms with E-state index in [0.717, 1.165) is 32.1 Å². The summed E-state index contributed by atoms with van der Waals surface area (Å²) in [6.07, 6.45) is 9.54. The second-order valence-corrected chi connectivity index (χ2v) is 3.71. The van der Waals surface area contributed by atoms with Crippen molar-refractivity contribution < 1.29 is 14.7 Å². The van der Waals surface area contributed by atoms with Crippen LogP contribution in [0.3, 0.4) is 0 Å². The first-order chi connectivity index (χ1) is 7.70. The highest BCUT2D eigenvalue weighted by Crippen LogP contribution is 2.05. The van der Waals surface area contributed by atoms with Gasteiger partial charge in [-0.25, -0.2) is 4.79 Å². The SMILES string of the molecule is CC/C=C\CCCCC[C@@H](C=O)NC(=O)O. The van der Waals surface area contributed by atoms with E-state index in [1.165, 1.54) is 0 Å². The number of hydrogen-bond acceptors (Lipinski definition) is 2. The van der Waals surface area contributed by atoms with E-state index >= 15 is 0 Å². The number of rotatable bonds is 9. The summed E-state index contributed by atoms with van der Waals surface area (Å²) in [5, 5.41) is 10.6. The van der Waals surface area contributed by atoms with Gasteiger partial charge in [0.2, 0.25) is 0 Å². The average molecular weight is 227 g/mol. The van der Waals surface area contributed by atoms with Gasteiger partial charge in [0.25, 0.3) is 0 Å². The molecule has 0 aliphatic rings. The quantitative estimate of drug-likeness (QED) is 0.361. The highest BCUT2D eigenvalue weighted by molar-refractivity contribution is 5.71. The van der Waals surface area contributed by atoms with Crippen molar-refractivity contribution in [2.75, 3.05) is 0 Å². The first kappa shape index (κ1) is 14.7. The van der Waals surface area contributed by atoms with Crippen molar-refractivity contribution in [3.8, 4) is 0 Å². The zero-order chi connectivity index (χ0) is 12.2. The number of allylic oxidation sites excluding steroid dienone is 2. The summed E-state index contributed by atoms with van der Waals surface area (Å²) in [4.78, 5) is 20.8. The van der Waals surface area contributed by atoms with Crippen molar-refractivity contribution >= 4 is 12.4 Å². The molecule has 0 spiro atoms. The zero-order valence-electron chi connectivity index (χ0n) is 9.82. The van der Waals surface area contributed by atoms with E-state index in [-0.39, 0.29) is 0 Å². The molecule has 0 aliphatic carbocycles. The number of aldehydes is 1. The molecule has 0 fully saturated rings. The van der Waals surface area contributed by atoms with E-state index in [4.69, 9.17) is 5.11 Å². The minimum absolute atomic E-state index is 0.552. The maximum absolute atomic E-state index is 10.5. The van der Waals surface area contributed by atoms with Gasteiger partial charge in [-0.2, -0.15) is 0 Å². The molecule has 0 saturated carbocycles. The Balaban J connectivity index is 3.44. The topological polar surface area (TPSA) is 66.4 Å². The van der Waals surface area contributed by atoms with Crippen LogP contribution in [0.25, 0.3) is 0 Å². The van der Waals surface area contributed by atoms with Crippen LogP contribution in [0.4, 0.5) is 4.79 Å². The molecule has 2 N–H and O–H groups in total. The average Bonchev–Trinajstić information content (AvgIpc) is 2.25. The number of unbranched alkanes of at least 4 members (excludes halogenated alkanes) is 3. The van der Waals surface area contributed by atoms with E-state index in [2.05, 4.69) is 24.4 Å². The molecular weight excluding hydrogens is 206 g/mol. The lowest BCUT2D eigenvalue weighted by Crippen LogP contribution is -2.34. The Morgan fingerprint density at radius 2 is 2.06 bits per heavy atom. The Bertz CT molecular complexity index is 226. The van der Waals surface area contributed by atoms with Gasteiger partial charge in [0, 0.05) is 0 Å². The largest absolute Gasteiger partial charge is 0.465 e. The molecule has 0 heterocycles. The lowest BCUT2D eigenvalue weighted by Gasteiger charge is -2.08. The maximum atomic E-state index is 10.5. The molecule has 0 aromatic carbocycles. The summed E-state index contributed by atoms with van der Waals surface area (Å²) >= 11 is 0. The maximum Gasteiger partial charge on any atom is 0.405 e. The fourth-order valence-electron chi connectivity index (χ4n) is 1.42. The van der Waals surface area contributed by atoms with Crippen molar-refractivity contribution in [2.45, 2.75) is 51.5 Å². The summed E-state index contributed by atoms with van der Waals surface area (Å²) in [7, 11) is 0. The molecule has 0 aromatic rings. The monoisotopic (exact) mass is 227 g/mol. The molecule has 1 amide bonds. The molecule has 1 atom stereocenters. The van der Waals surface area contributed by atoms with Gasteiger partial charge in [0.15, 0.2) is 0 Å². The van der Waals surface area contributed by atoms with E-state index in [9.17, 15) is 9.59 Å². The lowest BCUT2D eigenvalue weighted by molar-refractivity contribution is -0.109. The molecule has 0 rings (SSSR count). The Hall–Kier alpha value is -1.32. The number of hydrogen-bond donors (Lipinski definition) is 2. The fourth-order valence-corrected chi connectivity index (χ4v) is 1.42. The molecule has 0 bridgehead atoms. The summed E-state index contributed by atoms with van der Waals surface area (Å²) in [6.45, 7) is 2.10. The summed E-state index contributed by atoms with van der Waals surface area (Å²) < 4.78 is 0. The Labute approximate surface area is 96.7 Å². The van der Waals surface area contributed by atoms with Crippen molar-refractivity contribution in [1.29, 1.82) is 0 Å². The van der Waals surface area contributed by atoms with Crippen LogP contribution < -0.4 is 5.32 Å². The predicted octanol–water partition coefficient (Wildman–Crippen LogP) is 2.74. The van der Waals surface area contributed by atoms with Crippen LogP contribution >= 0.6 is 0 Å². The van der Waals surface area contributed by atoms with Crippen molar-refractivity contribution in [3.63, 3.8) is 0 Å². The van der Waals surface area contributed by atoms with Gasteiger partial charge in [-0.1, -0.05) is 31.9 Å². The number of carboxylic acid groups (broad SMARTS) is 1. The molecule has 92 valence electrons. The van der Waals surface area contributed by atoms with Crippen LogP contribution in [-0.4, -0.2) is 23.5 Å². The van der Waals surface area contributed by atoms with Crippen LogP contribution in [0.2, 0.25) is 0 Å². The third kappa shape index (κ3) is 9.24. The van der Waals surface area contributed by atoms with Crippen LogP contribution in [0.5, 0.6) is 0 Å². The molecule has 0 radical (unpaired) electrons. The van der Waals surface area contributed by atoms with Gasteiger partial charge < -0.3 is 15.2 Å². The van der Waals surface area contributed by atoms with E-state index < -0.39 is 12.1 Å². The van der Waals surface area contributed by atoms with Gasteiger partial charge in [-0.3, -0.25) is 0 Å². The predicted molar refractivity (Wildman–Crippen MR) is 63.5 cm³/mol. The molecule has 0 unspecified atom stereocenters. The Morgan fingerprint density at radius 3 is 2.62 bits per heavy atom. The molecule has 4 heteroatoms. The van der Waals surface area contributed by atoms with Gasteiger partial charge in [0.05, 0.1) is 6.04 Å². The van der Waals surface area contributed by atoms with E-state index in [1.54, 1.807) is 0 Å². The number of carbonyl (C=O) groups is 2. The fraction of sp³-hybridized carbons (Fsp3) is 0.667. The van der Waals surface area contributed by atoms with Crippen LogP contribution in [-0.2, 0) is 4.79 Å². The Kier molecular flexibility index (Phi) is 9.36. The van der Waals surface area contributed by atoms with Gasteiger partial charge in [-0.05, 0) is 25.7 Å². The molecule has 0 saturated heterocycles. The molecule has 0 aliphatic heterocycles. The third-order valence-electron chi connectivity index (χ3n) is 2.26. The second kappa shape index (κ2) is 10.2. The number of nitrogens with one attached hydrogen (secondary N) is 1. The Morgan fingerprint density at radius 1 is 1.31 bits per heavy atom. The summed E-state index contributed by atoms with van der Waals surface area (Å²) in [5.74, 6) is 0. The van der Waals surface area contributed by atoms with Crippen LogP contribution in [0.15, 0.2) is 12.2 Å². The number of carbonyl (C=O) groups excluding carboxylic acids is 1.